The Morgan fingerprint density at radius 1 is 1.23 bits per heavy atom. The van der Waals surface area contributed by atoms with Crippen LogP contribution in [0.5, 0.6) is 11.5 Å². The van der Waals surface area contributed by atoms with E-state index in [1.807, 2.05) is 30.3 Å². The standard InChI is InChI=1S/C20H16BrIN4O4/c1-29-18-8-14(10-24-25-20-7-6-16(11-23-20)26(27)28)17(21)9-19(18)30-12-13-2-4-15(22)5-3-13/h2-11H,12H2,1H3,(H,23,25)/b24-10+. The topological polar surface area (TPSA) is 98.9 Å². The van der Waals surface area contributed by atoms with Gasteiger partial charge in [0, 0.05) is 19.7 Å². The molecule has 30 heavy (non-hydrogen) atoms. The Hall–Kier alpha value is -2.73. The van der Waals surface area contributed by atoms with E-state index in [-0.39, 0.29) is 5.69 Å². The molecule has 0 amide bonds. The fraction of sp³-hybridized carbons (Fsp3) is 0.100. The van der Waals surface area contributed by atoms with Crippen LogP contribution in [-0.2, 0) is 6.61 Å². The number of benzene rings is 2. The van der Waals surface area contributed by atoms with E-state index < -0.39 is 4.92 Å². The van der Waals surface area contributed by atoms with Crippen molar-refractivity contribution in [1.82, 2.24) is 4.98 Å². The third kappa shape index (κ3) is 5.89. The summed E-state index contributed by atoms with van der Waals surface area (Å²) in [4.78, 5) is 14.1. The summed E-state index contributed by atoms with van der Waals surface area (Å²) >= 11 is 5.77. The Morgan fingerprint density at radius 2 is 2.00 bits per heavy atom. The first-order valence-electron chi connectivity index (χ1n) is 8.60. The molecule has 3 aromatic rings. The van der Waals surface area contributed by atoms with Gasteiger partial charge < -0.3 is 9.47 Å². The zero-order valence-electron chi connectivity index (χ0n) is 15.7. The van der Waals surface area contributed by atoms with Crippen LogP contribution in [-0.4, -0.2) is 23.2 Å². The number of halogens is 2. The molecule has 1 heterocycles. The number of aromatic nitrogens is 1. The second-order valence-corrected chi connectivity index (χ2v) is 8.07. The highest BCUT2D eigenvalue weighted by atomic mass is 127. The number of nitrogens with zero attached hydrogens (tertiary/aromatic N) is 3. The molecule has 10 heteroatoms. The number of methoxy groups -OCH3 is 1. The highest BCUT2D eigenvalue weighted by molar-refractivity contribution is 14.1. The van der Waals surface area contributed by atoms with Gasteiger partial charge in [0.1, 0.15) is 18.6 Å². The minimum absolute atomic E-state index is 0.0853. The van der Waals surface area contributed by atoms with Gasteiger partial charge in [0.2, 0.25) is 0 Å². The van der Waals surface area contributed by atoms with E-state index in [1.54, 1.807) is 19.4 Å². The molecule has 1 N–H and O–H groups in total. The fourth-order valence-corrected chi connectivity index (χ4v) is 3.18. The van der Waals surface area contributed by atoms with Crippen LogP contribution in [0.15, 0.2) is 64.3 Å². The van der Waals surface area contributed by atoms with Crippen LogP contribution >= 0.6 is 38.5 Å². The number of pyridine rings is 1. The summed E-state index contributed by atoms with van der Waals surface area (Å²) in [6, 6.07) is 14.5. The van der Waals surface area contributed by atoms with Crippen LogP contribution in [0.2, 0.25) is 0 Å². The Morgan fingerprint density at radius 3 is 2.63 bits per heavy atom. The summed E-state index contributed by atoms with van der Waals surface area (Å²) in [6.45, 7) is 0.417. The number of anilines is 1. The van der Waals surface area contributed by atoms with Crippen molar-refractivity contribution in [2.45, 2.75) is 6.61 Å². The number of nitrogens with one attached hydrogen (secondary N) is 1. The van der Waals surface area contributed by atoms with Gasteiger partial charge in [-0.1, -0.05) is 12.1 Å². The summed E-state index contributed by atoms with van der Waals surface area (Å²) in [5.74, 6) is 1.56. The van der Waals surface area contributed by atoms with E-state index in [9.17, 15) is 10.1 Å². The van der Waals surface area contributed by atoms with Crippen molar-refractivity contribution < 1.29 is 14.4 Å². The minimum Gasteiger partial charge on any atom is -0.493 e. The smallest absolute Gasteiger partial charge is 0.287 e. The highest BCUT2D eigenvalue weighted by Crippen LogP contribution is 2.33. The molecule has 2 aromatic carbocycles. The summed E-state index contributed by atoms with van der Waals surface area (Å²) in [5.41, 5.74) is 4.45. The maximum absolute atomic E-state index is 10.7. The molecule has 3 rings (SSSR count). The molecule has 0 bridgehead atoms. The zero-order valence-corrected chi connectivity index (χ0v) is 19.5. The quantitative estimate of drug-likeness (QED) is 0.165. The van der Waals surface area contributed by atoms with Crippen LogP contribution < -0.4 is 14.9 Å². The van der Waals surface area contributed by atoms with E-state index in [2.05, 4.69) is 54.0 Å². The molecule has 8 nitrogen and oxygen atoms in total. The monoisotopic (exact) mass is 582 g/mol. The molecule has 0 fully saturated rings. The lowest BCUT2D eigenvalue weighted by atomic mass is 10.2. The zero-order chi connectivity index (χ0) is 21.5. The molecule has 154 valence electrons. The number of hydrazone groups is 1. The van der Waals surface area contributed by atoms with Gasteiger partial charge in [-0.3, -0.25) is 15.5 Å². The Kier molecular flexibility index (Phi) is 7.57. The van der Waals surface area contributed by atoms with E-state index in [0.717, 1.165) is 25.4 Å². The lowest BCUT2D eigenvalue weighted by molar-refractivity contribution is -0.385. The Bertz CT molecular complexity index is 1060. The van der Waals surface area contributed by atoms with E-state index in [1.165, 1.54) is 12.1 Å². The normalized spacial score (nSPS) is 10.8. The molecule has 0 aliphatic rings. The SMILES string of the molecule is COc1cc(/C=N/Nc2ccc([N+](=O)[O-])cn2)c(Br)cc1OCc1ccc(I)cc1. The maximum atomic E-state index is 10.7. The van der Waals surface area contributed by atoms with Gasteiger partial charge in [0.05, 0.1) is 18.2 Å². The molecule has 0 saturated heterocycles. The molecule has 0 aliphatic carbocycles. The minimum atomic E-state index is -0.508. The molecule has 0 unspecified atom stereocenters. The predicted octanol–water partition coefficient (Wildman–Crippen LogP) is 5.39. The second-order valence-electron chi connectivity index (χ2n) is 5.97. The summed E-state index contributed by atoms with van der Waals surface area (Å²) < 4.78 is 13.3. The first kappa shape index (κ1) is 22.0. The first-order valence-corrected chi connectivity index (χ1v) is 10.5. The van der Waals surface area contributed by atoms with Crippen LogP contribution in [0.1, 0.15) is 11.1 Å². The van der Waals surface area contributed by atoms with Crippen molar-refractivity contribution in [1.29, 1.82) is 0 Å². The highest BCUT2D eigenvalue weighted by Gasteiger charge is 2.10. The van der Waals surface area contributed by atoms with Gasteiger partial charge in [-0.05, 0) is 74.4 Å². The van der Waals surface area contributed by atoms with Crippen LogP contribution in [0.4, 0.5) is 11.5 Å². The van der Waals surface area contributed by atoms with E-state index in [0.29, 0.717) is 23.9 Å². The summed E-state index contributed by atoms with van der Waals surface area (Å²) in [7, 11) is 1.57. The number of hydrogen-bond acceptors (Lipinski definition) is 7. The van der Waals surface area contributed by atoms with Gasteiger partial charge in [-0.2, -0.15) is 5.10 Å². The average molecular weight is 583 g/mol. The maximum Gasteiger partial charge on any atom is 0.287 e. The van der Waals surface area contributed by atoms with Crippen molar-refractivity contribution in [2.24, 2.45) is 5.10 Å². The molecule has 0 atom stereocenters. The van der Waals surface area contributed by atoms with Crippen LogP contribution in [0, 0.1) is 13.7 Å². The molecular weight excluding hydrogens is 567 g/mol. The molecule has 0 saturated carbocycles. The third-order valence-corrected chi connectivity index (χ3v) is 5.34. The van der Waals surface area contributed by atoms with Crippen molar-refractivity contribution in [3.05, 3.63) is 84.0 Å². The van der Waals surface area contributed by atoms with Gasteiger partial charge in [-0.25, -0.2) is 4.98 Å². The van der Waals surface area contributed by atoms with E-state index in [4.69, 9.17) is 9.47 Å². The molecule has 0 spiro atoms. The van der Waals surface area contributed by atoms with Gasteiger partial charge in [0.25, 0.3) is 5.69 Å². The summed E-state index contributed by atoms with van der Waals surface area (Å²) in [6.07, 6.45) is 2.75. The van der Waals surface area contributed by atoms with Gasteiger partial charge >= 0.3 is 0 Å². The number of rotatable bonds is 8. The van der Waals surface area contributed by atoms with Crippen molar-refractivity contribution in [3.63, 3.8) is 0 Å². The fourth-order valence-electron chi connectivity index (χ4n) is 2.39. The largest absolute Gasteiger partial charge is 0.493 e. The lowest BCUT2D eigenvalue weighted by Gasteiger charge is -2.13. The number of hydrogen-bond donors (Lipinski definition) is 1. The number of ether oxygens (including phenoxy) is 2. The van der Waals surface area contributed by atoms with Crippen molar-refractivity contribution >= 4 is 56.2 Å². The molecular formula is C20H16BrIN4O4. The molecule has 0 aliphatic heterocycles. The van der Waals surface area contributed by atoms with Gasteiger partial charge in [0.15, 0.2) is 11.5 Å². The van der Waals surface area contributed by atoms with Crippen molar-refractivity contribution in [3.8, 4) is 11.5 Å². The Labute approximate surface area is 194 Å². The molecule has 0 radical (unpaired) electrons. The second kappa shape index (κ2) is 10.3. The van der Waals surface area contributed by atoms with E-state index >= 15 is 0 Å². The average Bonchev–Trinajstić information content (AvgIpc) is 2.75. The predicted molar refractivity (Wildman–Crippen MR) is 126 cm³/mol. The first-order chi connectivity index (χ1) is 14.5. The summed E-state index contributed by atoms with van der Waals surface area (Å²) in [5, 5.41) is 14.8. The van der Waals surface area contributed by atoms with Crippen LogP contribution in [0.3, 0.4) is 0 Å². The third-order valence-electron chi connectivity index (χ3n) is 3.93. The van der Waals surface area contributed by atoms with Crippen molar-refractivity contribution in [2.75, 3.05) is 12.5 Å². The lowest BCUT2D eigenvalue weighted by Crippen LogP contribution is -2.00. The molecule has 1 aromatic heterocycles. The number of nitro groups is 1. The van der Waals surface area contributed by atoms with Crippen LogP contribution in [0.25, 0.3) is 0 Å². The van der Waals surface area contributed by atoms with Gasteiger partial charge in [-0.15, -0.1) is 0 Å². The Balaban J connectivity index is 1.68.